The van der Waals surface area contributed by atoms with Crippen molar-refractivity contribution in [2.75, 3.05) is 17.3 Å². The summed E-state index contributed by atoms with van der Waals surface area (Å²) in [5, 5.41) is 0. The van der Waals surface area contributed by atoms with Gasteiger partial charge in [-0.1, -0.05) is 0 Å². The molecule has 0 amide bonds. The summed E-state index contributed by atoms with van der Waals surface area (Å²) in [5.41, 5.74) is 1.20. The van der Waals surface area contributed by atoms with E-state index in [0.717, 1.165) is 12.4 Å². The lowest BCUT2D eigenvalue weighted by atomic mass is 10.2. The molecule has 0 aromatic carbocycles. The van der Waals surface area contributed by atoms with E-state index in [9.17, 15) is 0 Å². The quantitative estimate of drug-likeness (QED) is 0.675. The molecule has 0 unspecified atom stereocenters. The molecule has 0 saturated carbocycles. The van der Waals surface area contributed by atoms with Crippen molar-refractivity contribution in [3.63, 3.8) is 0 Å². The summed E-state index contributed by atoms with van der Waals surface area (Å²) in [4.78, 5) is 6.46. The Morgan fingerprint density at radius 3 is 3.23 bits per heavy atom. The average Bonchev–Trinajstić information content (AvgIpc) is 2.67. The lowest BCUT2D eigenvalue weighted by molar-refractivity contribution is 0.740. The molecule has 0 spiro atoms. The summed E-state index contributed by atoms with van der Waals surface area (Å²) in [6.07, 6.45) is 6.16. The highest BCUT2D eigenvalue weighted by Gasteiger charge is 2.23. The fraction of sp³-hybridized carbons (Fsp3) is 0.500. The minimum absolute atomic E-state index is 0.505. The van der Waals surface area contributed by atoms with Crippen LogP contribution in [0.3, 0.4) is 0 Å². The summed E-state index contributed by atoms with van der Waals surface area (Å²) in [5.74, 6) is 0.717. The van der Waals surface area contributed by atoms with Gasteiger partial charge < -0.3 is 4.90 Å². The molecule has 2 nitrogen and oxygen atoms in total. The smallest absolute Gasteiger partial charge is 0.0555 e. The molecule has 2 heterocycles. The van der Waals surface area contributed by atoms with Gasteiger partial charge in [0, 0.05) is 24.7 Å². The van der Waals surface area contributed by atoms with Crippen LogP contribution >= 0.6 is 11.6 Å². The standard InChI is InChI=1S/C10H13ClN2/c11-7-9-4-2-6-13(9)10-3-1-5-12-8-10/h1,3,5,8-9H,2,4,6-7H2/t9-/m0/s1. The molecule has 0 N–H and O–H groups in total. The topological polar surface area (TPSA) is 16.1 Å². The minimum Gasteiger partial charge on any atom is -0.366 e. The third-order valence-corrected chi connectivity index (χ3v) is 2.89. The van der Waals surface area contributed by atoms with Crippen LogP contribution in [-0.2, 0) is 0 Å². The first-order chi connectivity index (χ1) is 6.42. The highest BCUT2D eigenvalue weighted by molar-refractivity contribution is 6.18. The number of alkyl halides is 1. The molecule has 2 rings (SSSR count). The van der Waals surface area contributed by atoms with Gasteiger partial charge in [-0.15, -0.1) is 11.6 Å². The van der Waals surface area contributed by atoms with E-state index in [-0.39, 0.29) is 0 Å². The molecule has 1 fully saturated rings. The number of rotatable bonds is 2. The lowest BCUT2D eigenvalue weighted by Crippen LogP contribution is -2.30. The Morgan fingerprint density at radius 2 is 2.54 bits per heavy atom. The van der Waals surface area contributed by atoms with Gasteiger partial charge in [-0.25, -0.2) is 0 Å². The van der Waals surface area contributed by atoms with Gasteiger partial charge in [0.15, 0.2) is 0 Å². The van der Waals surface area contributed by atoms with Crippen LogP contribution in [0.1, 0.15) is 12.8 Å². The van der Waals surface area contributed by atoms with Gasteiger partial charge in [0.2, 0.25) is 0 Å². The van der Waals surface area contributed by atoms with Crippen molar-refractivity contribution in [1.29, 1.82) is 0 Å². The van der Waals surface area contributed by atoms with E-state index in [0.29, 0.717) is 6.04 Å². The van der Waals surface area contributed by atoms with E-state index in [4.69, 9.17) is 11.6 Å². The Hall–Kier alpha value is -0.760. The second-order valence-corrected chi connectivity index (χ2v) is 3.66. The molecule has 70 valence electrons. The van der Waals surface area contributed by atoms with Gasteiger partial charge in [-0.2, -0.15) is 0 Å². The minimum atomic E-state index is 0.505. The molecule has 1 aliphatic rings. The first kappa shape index (κ1) is 8.82. The van der Waals surface area contributed by atoms with Gasteiger partial charge in [-0.05, 0) is 25.0 Å². The highest BCUT2D eigenvalue weighted by Crippen LogP contribution is 2.24. The number of hydrogen-bond donors (Lipinski definition) is 0. The fourth-order valence-corrected chi connectivity index (χ4v) is 2.18. The molecule has 3 heteroatoms. The summed E-state index contributed by atoms with van der Waals surface area (Å²) in [6, 6.07) is 4.57. The molecule has 1 saturated heterocycles. The number of hydrogen-bond acceptors (Lipinski definition) is 2. The van der Waals surface area contributed by atoms with Crippen molar-refractivity contribution in [3.05, 3.63) is 24.5 Å². The molecule has 13 heavy (non-hydrogen) atoms. The third-order valence-electron chi connectivity index (χ3n) is 2.53. The monoisotopic (exact) mass is 196 g/mol. The van der Waals surface area contributed by atoms with Gasteiger partial charge in [0.05, 0.1) is 11.9 Å². The van der Waals surface area contributed by atoms with Crippen molar-refractivity contribution in [1.82, 2.24) is 4.98 Å². The molecular weight excluding hydrogens is 184 g/mol. The van der Waals surface area contributed by atoms with E-state index in [2.05, 4.69) is 16.0 Å². The van der Waals surface area contributed by atoms with Crippen LogP contribution in [0.4, 0.5) is 5.69 Å². The number of halogens is 1. The maximum Gasteiger partial charge on any atom is 0.0555 e. The van der Waals surface area contributed by atoms with Crippen LogP contribution in [-0.4, -0.2) is 23.5 Å². The molecular formula is C10H13ClN2. The van der Waals surface area contributed by atoms with Crippen molar-refractivity contribution >= 4 is 17.3 Å². The Bertz CT molecular complexity index is 263. The number of anilines is 1. The molecule has 0 aliphatic carbocycles. The SMILES string of the molecule is ClC[C@@H]1CCCN1c1cccnc1. The Kier molecular flexibility index (Phi) is 2.69. The van der Waals surface area contributed by atoms with Gasteiger partial charge >= 0.3 is 0 Å². The van der Waals surface area contributed by atoms with Gasteiger partial charge in [0.25, 0.3) is 0 Å². The van der Waals surface area contributed by atoms with Gasteiger partial charge in [-0.3, -0.25) is 4.98 Å². The van der Waals surface area contributed by atoms with Crippen molar-refractivity contribution < 1.29 is 0 Å². The second-order valence-electron chi connectivity index (χ2n) is 3.35. The van der Waals surface area contributed by atoms with E-state index >= 15 is 0 Å². The van der Waals surface area contributed by atoms with E-state index in [1.807, 2.05) is 12.3 Å². The maximum atomic E-state index is 5.89. The zero-order valence-corrected chi connectivity index (χ0v) is 8.24. The van der Waals surface area contributed by atoms with Crippen molar-refractivity contribution in [3.8, 4) is 0 Å². The van der Waals surface area contributed by atoms with Gasteiger partial charge in [0.1, 0.15) is 0 Å². The Labute approximate surface area is 83.5 Å². The maximum absolute atomic E-state index is 5.89. The zero-order chi connectivity index (χ0) is 9.10. The van der Waals surface area contributed by atoms with E-state index < -0.39 is 0 Å². The highest BCUT2D eigenvalue weighted by atomic mass is 35.5. The fourth-order valence-electron chi connectivity index (χ4n) is 1.86. The average molecular weight is 197 g/mol. The predicted molar refractivity (Wildman–Crippen MR) is 55.3 cm³/mol. The summed E-state index contributed by atoms with van der Waals surface area (Å²) in [7, 11) is 0. The first-order valence-electron chi connectivity index (χ1n) is 4.64. The second kappa shape index (κ2) is 3.97. The molecule has 1 aliphatic heterocycles. The number of pyridine rings is 1. The van der Waals surface area contributed by atoms with Crippen LogP contribution in [0.5, 0.6) is 0 Å². The van der Waals surface area contributed by atoms with Crippen LogP contribution in [0.2, 0.25) is 0 Å². The summed E-state index contributed by atoms with van der Waals surface area (Å²) in [6.45, 7) is 1.11. The van der Waals surface area contributed by atoms with Crippen molar-refractivity contribution in [2.24, 2.45) is 0 Å². The van der Waals surface area contributed by atoms with E-state index in [1.165, 1.54) is 18.5 Å². The van der Waals surface area contributed by atoms with Crippen molar-refractivity contribution in [2.45, 2.75) is 18.9 Å². The Balaban J connectivity index is 2.16. The molecule has 1 aromatic rings. The largest absolute Gasteiger partial charge is 0.366 e. The molecule has 0 radical (unpaired) electrons. The molecule has 0 bridgehead atoms. The van der Waals surface area contributed by atoms with Crippen LogP contribution in [0.15, 0.2) is 24.5 Å². The van der Waals surface area contributed by atoms with Crippen LogP contribution < -0.4 is 4.90 Å². The third kappa shape index (κ3) is 1.78. The number of nitrogens with zero attached hydrogens (tertiary/aromatic N) is 2. The lowest BCUT2D eigenvalue weighted by Gasteiger charge is -2.24. The zero-order valence-electron chi connectivity index (χ0n) is 7.49. The molecule has 1 atom stereocenters. The van der Waals surface area contributed by atoms with Crippen LogP contribution in [0.25, 0.3) is 0 Å². The molecule has 1 aromatic heterocycles. The Morgan fingerprint density at radius 1 is 1.62 bits per heavy atom. The summed E-state index contributed by atoms with van der Waals surface area (Å²) >= 11 is 5.89. The summed E-state index contributed by atoms with van der Waals surface area (Å²) < 4.78 is 0. The predicted octanol–water partition coefficient (Wildman–Crippen LogP) is 2.29. The van der Waals surface area contributed by atoms with E-state index in [1.54, 1.807) is 6.20 Å². The normalized spacial score (nSPS) is 22.2. The van der Waals surface area contributed by atoms with Crippen LogP contribution in [0, 0.1) is 0 Å². The number of aromatic nitrogens is 1. The first-order valence-corrected chi connectivity index (χ1v) is 5.18.